The number of hydrogen-bond donors (Lipinski definition) is 0. The summed E-state index contributed by atoms with van der Waals surface area (Å²) in [4.78, 5) is 10.5. The molecule has 0 saturated carbocycles. The molecule has 1 aromatic carbocycles. The van der Waals surface area contributed by atoms with Gasteiger partial charge >= 0.3 is 6.18 Å². The summed E-state index contributed by atoms with van der Waals surface area (Å²) < 4.78 is 47.5. The van der Waals surface area contributed by atoms with E-state index in [9.17, 15) is 13.2 Å². The van der Waals surface area contributed by atoms with Crippen LogP contribution in [0.1, 0.15) is 22.4 Å². The number of thiophene rings is 1. The zero-order valence-corrected chi connectivity index (χ0v) is 17.7. The van der Waals surface area contributed by atoms with Crippen molar-refractivity contribution in [2.45, 2.75) is 18.2 Å². The molecule has 30 heavy (non-hydrogen) atoms. The molecule has 0 fully saturated rings. The fourth-order valence-electron chi connectivity index (χ4n) is 3.17. The number of nitrogens with zero attached hydrogens (tertiary/aromatic N) is 2. The fraction of sp³-hybridized carbons (Fsp3) is 0.200. The van der Waals surface area contributed by atoms with E-state index in [-0.39, 0.29) is 21.3 Å². The average molecular weight is 473 g/mol. The number of pyridine rings is 1. The molecular formula is C20H13Cl2F3N2O2S. The van der Waals surface area contributed by atoms with Crippen molar-refractivity contribution in [1.82, 2.24) is 4.98 Å². The van der Waals surface area contributed by atoms with Gasteiger partial charge in [-0.25, -0.2) is 4.98 Å². The van der Waals surface area contributed by atoms with Crippen molar-refractivity contribution >= 4 is 56.2 Å². The van der Waals surface area contributed by atoms with E-state index in [0.29, 0.717) is 21.0 Å². The second kappa shape index (κ2) is 7.44. The molecule has 0 saturated heterocycles. The maximum Gasteiger partial charge on any atom is 0.435 e. The Labute approximate surface area is 183 Å². The summed E-state index contributed by atoms with van der Waals surface area (Å²) in [6.45, 7) is 3.78. The van der Waals surface area contributed by atoms with Gasteiger partial charge in [-0.2, -0.15) is 13.2 Å². The van der Waals surface area contributed by atoms with E-state index in [1.165, 1.54) is 36.6 Å². The van der Waals surface area contributed by atoms with Crippen molar-refractivity contribution < 1.29 is 22.7 Å². The summed E-state index contributed by atoms with van der Waals surface area (Å²) in [7, 11) is 1.50. The zero-order valence-electron chi connectivity index (χ0n) is 15.4. The third-order valence-electron chi connectivity index (χ3n) is 4.74. The number of oxime groups is 1. The summed E-state index contributed by atoms with van der Waals surface area (Å²) in [6, 6.07) is 7.26. The maximum absolute atomic E-state index is 14.1. The highest BCUT2D eigenvalue weighted by molar-refractivity contribution is 7.20. The lowest BCUT2D eigenvalue weighted by atomic mass is 9.88. The van der Waals surface area contributed by atoms with Gasteiger partial charge in [-0.05, 0) is 30.3 Å². The standard InChI is InChI=1S/C20H13Cl2F3N2O2S/c1-10(28-2)12-3-11-4-17(30-18(11)26-9-12)16-8-19(29-27-16,20(23,24)25)13-5-14(21)7-15(22)6-13/h3-7,9H,1,8H2,2H3. The molecule has 1 aliphatic rings. The Morgan fingerprint density at radius 3 is 2.53 bits per heavy atom. The number of methoxy groups -OCH3 is 1. The smallest absolute Gasteiger partial charge is 0.435 e. The molecule has 0 bridgehead atoms. The van der Waals surface area contributed by atoms with Crippen molar-refractivity contribution in [3.8, 4) is 0 Å². The van der Waals surface area contributed by atoms with Gasteiger partial charge in [0.25, 0.3) is 5.60 Å². The second-order valence-corrected chi connectivity index (χ2v) is 8.55. The molecule has 1 atom stereocenters. The monoisotopic (exact) mass is 472 g/mol. The normalized spacial score (nSPS) is 18.9. The first-order valence-corrected chi connectivity index (χ1v) is 10.1. The third kappa shape index (κ3) is 3.53. The van der Waals surface area contributed by atoms with Crippen molar-refractivity contribution in [3.05, 3.63) is 69.2 Å². The van der Waals surface area contributed by atoms with E-state index in [0.717, 1.165) is 5.39 Å². The molecule has 0 aliphatic carbocycles. The molecule has 0 amide bonds. The van der Waals surface area contributed by atoms with Crippen LogP contribution < -0.4 is 0 Å². The van der Waals surface area contributed by atoms with Gasteiger partial charge in [0.05, 0.1) is 18.4 Å². The van der Waals surface area contributed by atoms with Gasteiger partial charge in [0.1, 0.15) is 16.3 Å². The Morgan fingerprint density at radius 2 is 1.90 bits per heavy atom. The predicted octanol–water partition coefficient (Wildman–Crippen LogP) is 6.80. The molecule has 3 aromatic rings. The molecule has 156 valence electrons. The van der Waals surface area contributed by atoms with Crippen molar-refractivity contribution in [3.63, 3.8) is 0 Å². The lowest BCUT2D eigenvalue weighted by molar-refractivity contribution is -0.275. The summed E-state index contributed by atoms with van der Waals surface area (Å²) in [5, 5.41) is 4.68. The van der Waals surface area contributed by atoms with Crippen molar-refractivity contribution in [2.24, 2.45) is 5.16 Å². The number of hydrogen-bond acceptors (Lipinski definition) is 5. The molecule has 10 heteroatoms. The number of benzene rings is 1. The molecule has 0 radical (unpaired) electrons. The number of fused-ring (bicyclic) bond motifs is 1. The first kappa shape index (κ1) is 21.0. The van der Waals surface area contributed by atoms with Crippen LogP contribution in [0.3, 0.4) is 0 Å². The molecule has 0 N–H and O–H groups in total. The number of rotatable bonds is 4. The Balaban J connectivity index is 1.73. The summed E-state index contributed by atoms with van der Waals surface area (Å²) in [5.74, 6) is 0.438. The molecule has 4 nitrogen and oxygen atoms in total. The highest BCUT2D eigenvalue weighted by Gasteiger charge is 2.62. The van der Waals surface area contributed by atoms with Crippen LogP contribution >= 0.6 is 34.5 Å². The molecule has 1 aliphatic heterocycles. The number of ether oxygens (including phenoxy) is 1. The Hall–Kier alpha value is -2.29. The Morgan fingerprint density at radius 1 is 1.20 bits per heavy atom. The highest BCUT2D eigenvalue weighted by atomic mass is 35.5. The maximum atomic E-state index is 14.1. The SMILES string of the molecule is C=C(OC)c1cnc2sc(C3=NOC(c4cc(Cl)cc(Cl)c4)(C(F)(F)F)C3)cc2c1. The quantitative estimate of drug-likeness (QED) is 0.392. The van der Waals surface area contributed by atoms with Crippen LogP contribution in [-0.2, 0) is 15.2 Å². The van der Waals surface area contributed by atoms with Crippen LogP contribution in [-0.4, -0.2) is 24.0 Å². The predicted molar refractivity (Wildman–Crippen MR) is 112 cm³/mol. The van der Waals surface area contributed by atoms with Gasteiger partial charge in [-0.1, -0.05) is 34.9 Å². The fourth-order valence-corrected chi connectivity index (χ4v) is 4.66. The first-order valence-electron chi connectivity index (χ1n) is 8.54. The molecule has 4 rings (SSSR count). The van der Waals surface area contributed by atoms with Crippen LogP contribution in [0.15, 0.2) is 48.3 Å². The Bertz CT molecular complexity index is 1170. The van der Waals surface area contributed by atoms with Gasteiger partial charge in [-0.3, -0.25) is 0 Å². The van der Waals surface area contributed by atoms with Crippen LogP contribution in [0.5, 0.6) is 0 Å². The van der Waals surface area contributed by atoms with Crippen molar-refractivity contribution in [1.29, 1.82) is 0 Å². The number of halogens is 5. The minimum Gasteiger partial charge on any atom is -0.497 e. The zero-order chi connectivity index (χ0) is 21.7. The van der Waals surface area contributed by atoms with Gasteiger partial charge < -0.3 is 9.57 Å². The minimum absolute atomic E-state index is 0.0788. The average Bonchev–Trinajstić information content (AvgIpc) is 3.30. The summed E-state index contributed by atoms with van der Waals surface area (Å²) in [6.07, 6.45) is -3.67. The third-order valence-corrected chi connectivity index (χ3v) is 6.28. The number of aromatic nitrogens is 1. The molecule has 2 aromatic heterocycles. The number of alkyl halides is 3. The summed E-state index contributed by atoms with van der Waals surface area (Å²) in [5.41, 5.74) is -2.03. The Kier molecular flexibility index (Phi) is 5.20. The van der Waals surface area contributed by atoms with E-state index in [1.807, 2.05) is 0 Å². The van der Waals surface area contributed by atoms with Crippen LogP contribution in [0, 0.1) is 0 Å². The largest absolute Gasteiger partial charge is 0.497 e. The molecule has 0 spiro atoms. The molecule has 1 unspecified atom stereocenters. The van der Waals surface area contributed by atoms with E-state index >= 15 is 0 Å². The second-order valence-electron chi connectivity index (χ2n) is 6.65. The first-order chi connectivity index (χ1) is 14.1. The minimum atomic E-state index is -4.75. The highest BCUT2D eigenvalue weighted by Crippen LogP contribution is 2.50. The van der Waals surface area contributed by atoms with E-state index in [4.69, 9.17) is 32.8 Å². The van der Waals surface area contributed by atoms with Gasteiger partial charge in [0, 0.05) is 32.8 Å². The van der Waals surface area contributed by atoms with E-state index in [2.05, 4.69) is 16.7 Å². The van der Waals surface area contributed by atoms with E-state index in [1.54, 1.807) is 18.3 Å². The summed E-state index contributed by atoms with van der Waals surface area (Å²) >= 11 is 13.1. The van der Waals surface area contributed by atoms with Gasteiger partial charge in [0.2, 0.25) is 0 Å². The topological polar surface area (TPSA) is 43.7 Å². The lowest BCUT2D eigenvalue weighted by Gasteiger charge is -2.29. The van der Waals surface area contributed by atoms with Crippen LogP contribution in [0.25, 0.3) is 16.0 Å². The van der Waals surface area contributed by atoms with E-state index < -0.39 is 18.2 Å². The van der Waals surface area contributed by atoms with Crippen LogP contribution in [0.4, 0.5) is 13.2 Å². The molecule has 3 heterocycles. The van der Waals surface area contributed by atoms with Gasteiger partial charge in [-0.15, -0.1) is 11.3 Å². The van der Waals surface area contributed by atoms with Crippen LogP contribution in [0.2, 0.25) is 10.0 Å². The van der Waals surface area contributed by atoms with Gasteiger partial charge in [0.15, 0.2) is 0 Å². The lowest BCUT2D eigenvalue weighted by Crippen LogP contribution is -2.42. The van der Waals surface area contributed by atoms with Crippen molar-refractivity contribution in [2.75, 3.05) is 7.11 Å². The molecular weight excluding hydrogens is 460 g/mol.